The van der Waals surface area contributed by atoms with Crippen molar-refractivity contribution < 1.29 is 9.26 Å². The van der Waals surface area contributed by atoms with E-state index < -0.39 is 0 Å². The van der Waals surface area contributed by atoms with Crippen molar-refractivity contribution in [3.8, 4) is 0 Å². The molecule has 0 aromatic carbocycles. The molecule has 0 radical (unpaired) electrons. The molecule has 0 amide bonds. The molecule has 3 rings (SSSR count). The molecule has 2 atom stereocenters. The molecule has 0 bridgehead atoms. The molecule has 2 heterocycles. The van der Waals surface area contributed by atoms with Gasteiger partial charge in [0, 0.05) is 24.4 Å². The number of nitrogens with zero attached hydrogens (tertiary/aromatic N) is 1. The lowest BCUT2D eigenvalue weighted by Gasteiger charge is -2.25. The van der Waals surface area contributed by atoms with Crippen molar-refractivity contribution in [1.29, 1.82) is 0 Å². The number of aryl methyl sites for hydroxylation is 1. The Morgan fingerprint density at radius 3 is 2.85 bits per heavy atom. The smallest absolute Gasteiger partial charge is 0.137 e. The van der Waals surface area contributed by atoms with Crippen LogP contribution in [0.15, 0.2) is 10.6 Å². The maximum Gasteiger partial charge on any atom is 0.137 e. The number of nitrogens with one attached hydrogen (secondary N) is 1. The first kappa shape index (κ1) is 14.1. The van der Waals surface area contributed by atoms with Crippen molar-refractivity contribution >= 4 is 0 Å². The summed E-state index contributed by atoms with van der Waals surface area (Å²) in [5.41, 5.74) is 0.964. The molecule has 0 spiro atoms. The molecule has 2 aliphatic rings. The van der Waals surface area contributed by atoms with E-state index in [0.29, 0.717) is 12.0 Å². The fourth-order valence-electron chi connectivity index (χ4n) is 3.51. The predicted molar refractivity (Wildman–Crippen MR) is 77.6 cm³/mol. The molecule has 4 nitrogen and oxygen atoms in total. The largest absolute Gasteiger partial charge is 0.379 e. The average molecular weight is 278 g/mol. The Hall–Kier alpha value is -0.870. The highest BCUT2D eigenvalue weighted by molar-refractivity contribution is 5.05. The predicted octanol–water partition coefficient (Wildman–Crippen LogP) is 2.71. The summed E-state index contributed by atoms with van der Waals surface area (Å²) in [7, 11) is 0. The first-order valence-corrected chi connectivity index (χ1v) is 8.04. The maximum absolute atomic E-state index is 5.66. The quantitative estimate of drug-likeness (QED) is 0.899. The van der Waals surface area contributed by atoms with Crippen molar-refractivity contribution in [3.05, 3.63) is 17.5 Å². The van der Waals surface area contributed by atoms with Crippen LogP contribution in [0.5, 0.6) is 0 Å². The Balaban J connectivity index is 1.47. The molecule has 0 unspecified atom stereocenters. The SMILES string of the molecule is Cc1cc(C[C@@H]2COC[C@H]2NCC2CCCCC2)on1. The number of hydrogen-bond acceptors (Lipinski definition) is 4. The lowest BCUT2D eigenvalue weighted by Crippen LogP contribution is -2.39. The van der Waals surface area contributed by atoms with E-state index in [-0.39, 0.29) is 0 Å². The molecular weight excluding hydrogens is 252 g/mol. The minimum Gasteiger partial charge on any atom is -0.379 e. The third kappa shape index (κ3) is 3.61. The molecule has 1 aromatic rings. The van der Waals surface area contributed by atoms with Gasteiger partial charge in [-0.3, -0.25) is 0 Å². The Kier molecular flexibility index (Phi) is 4.73. The monoisotopic (exact) mass is 278 g/mol. The van der Waals surface area contributed by atoms with Crippen LogP contribution in [0.4, 0.5) is 0 Å². The zero-order valence-electron chi connectivity index (χ0n) is 12.4. The standard InChI is InChI=1S/C16H26N2O2/c1-12-7-15(20-18-12)8-14-10-19-11-16(14)17-9-13-5-3-2-4-6-13/h7,13-14,16-17H,2-6,8-11H2,1H3/t14-,16-/m1/s1. The van der Waals surface area contributed by atoms with Gasteiger partial charge in [-0.15, -0.1) is 0 Å². The summed E-state index contributed by atoms with van der Waals surface area (Å²) >= 11 is 0. The van der Waals surface area contributed by atoms with E-state index in [1.54, 1.807) is 0 Å². The molecule has 1 N–H and O–H groups in total. The molecular formula is C16H26N2O2. The highest BCUT2D eigenvalue weighted by Crippen LogP contribution is 2.24. The van der Waals surface area contributed by atoms with E-state index in [0.717, 1.165) is 43.6 Å². The van der Waals surface area contributed by atoms with Gasteiger partial charge in [-0.2, -0.15) is 0 Å². The van der Waals surface area contributed by atoms with Crippen LogP contribution in [0.1, 0.15) is 43.6 Å². The van der Waals surface area contributed by atoms with Crippen molar-refractivity contribution in [2.45, 2.75) is 51.5 Å². The molecule has 1 aliphatic heterocycles. The van der Waals surface area contributed by atoms with Crippen LogP contribution in [0.25, 0.3) is 0 Å². The lowest BCUT2D eigenvalue weighted by atomic mass is 9.88. The Morgan fingerprint density at radius 1 is 1.25 bits per heavy atom. The fourth-order valence-corrected chi connectivity index (χ4v) is 3.51. The van der Waals surface area contributed by atoms with Gasteiger partial charge in [-0.25, -0.2) is 0 Å². The van der Waals surface area contributed by atoms with Gasteiger partial charge in [0.1, 0.15) is 5.76 Å². The summed E-state index contributed by atoms with van der Waals surface area (Å²) in [4.78, 5) is 0. The number of hydrogen-bond donors (Lipinski definition) is 1. The molecule has 20 heavy (non-hydrogen) atoms. The normalized spacial score (nSPS) is 28.1. The number of ether oxygens (including phenoxy) is 1. The van der Waals surface area contributed by atoms with Gasteiger partial charge >= 0.3 is 0 Å². The van der Waals surface area contributed by atoms with Crippen LogP contribution < -0.4 is 5.32 Å². The summed E-state index contributed by atoms with van der Waals surface area (Å²) < 4.78 is 11.0. The van der Waals surface area contributed by atoms with E-state index >= 15 is 0 Å². The summed E-state index contributed by atoms with van der Waals surface area (Å²) in [5.74, 6) is 2.38. The molecule has 4 heteroatoms. The van der Waals surface area contributed by atoms with E-state index in [1.165, 1.54) is 32.1 Å². The summed E-state index contributed by atoms with van der Waals surface area (Å²) in [6.07, 6.45) is 7.97. The third-order valence-corrected chi connectivity index (χ3v) is 4.73. The number of rotatable bonds is 5. The Morgan fingerprint density at radius 2 is 2.10 bits per heavy atom. The van der Waals surface area contributed by atoms with Gasteiger partial charge < -0.3 is 14.6 Å². The van der Waals surface area contributed by atoms with Crippen LogP contribution in [0, 0.1) is 18.8 Å². The summed E-state index contributed by atoms with van der Waals surface area (Å²) in [6.45, 7) is 4.80. The molecule has 1 aromatic heterocycles. The highest BCUT2D eigenvalue weighted by Gasteiger charge is 2.29. The van der Waals surface area contributed by atoms with Crippen molar-refractivity contribution in [1.82, 2.24) is 10.5 Å². The topological polar surface area (TPSA) is 47.3 Å². The summed E-state index contributed by atoms with van der Waals surface area (Å²) in [6, 6.07) is 2.51. The first-order chi connectivity index (χ1) is 9.81. The highest BCUT2D eigenvalue weighted by atomic mass is 16.5. The maximum atomic E-state index is 5.66. The van der Waals surface area contributed by atoms with Gasteiger partial charge in [-0.1, -0.05) is 24.4 Å². The van der Waals surface area contributed by atoms with Crippen LogP contribution in [-0.4, -0.2) is 31.0 Å². The zero-order chi connectivity index (χ0) is 13.8. The van der Waals surface area contributed by atoms with Gasteiger partial charge in [0.25, 0.3) is 0 Å². The van der Waals surface area contributed by atoms with Crippen LogP contribution in [0.3, 0.4) is 0 Å². The van der Waals surface area contributed by atoms with E-state index in [4.69, 9.17) is 9.26 Å². The molecule has 1 aliphatic carbocycles. The van der Waals surface area contributed by atoms with E-state index in [2.05, 4.69) is 10.5 Å². The van der Waals surface area contributed by atoms with Crippen molar-refractivity contribution in [3.63, 3.8) is 0 Å². The van der Waals surface area contributed by atoms with Crippen molar-refractivity contribution in [2.75, 3.05) is 19.8 Å². The lowest BCUT2D eigenvalue weighted by molar-refractivity contribution is 0.180. The van der Waals surface area contributed by atoms with Gasteiger partial charge in [0.2, 0.25) is 0 Å². The fraction of sp³-hybridized carbons (Fsp3) is 0.812. The van der Waals surface area contributed by atoms with Crippen LogP contribution in [-0.2, 0) is 11.2 Å². The van der Waals surface area contributed by atoms with Crippen LogP contribution in [0.2, 0.25) is 0 Å². The van der Waals surface area contributed by atoms with Gasteiger partial charge in [0.05, 0.1) is 18.9 Å². The second kappa shape index (κ2) is 6.72. The third-order valence-electron chi connectivity index (χ3n) is 4.73. The second-order valence-corrected chi connectivity index (χ2v) is 6.46. The minimum absolute atomic E-state index is 0.474. The van der Waals surface area contributed by atoms with Crippen molar-refractivity contribution in [2.24, 2.45) is 11.8 Å². The molecule has 112 valence electrons. The average Bonchev–Trinajstić information content (AvgIpc) is 3.07. The first-order valence-electron chi connectivity index (χ1n) is 8.04. The van der Waals surface area contributed by atoms with Crippen LogP contribution >= 0.6 is 0 Å². The molecule has 1 saturated heterocycles. The second-order valence-electron chi connectivity index (χ2n) is 6.46. The van der Waals surface area contributed by atoms with Gasteiger partial charge in [-0.05, 0) is 32.2 Å². The van der Waals surface area contributed by atoms with Gasteiger partial charge in [0.15, 0.2) is 0 Å². The summed E-state index contributed by atoms with van der Waals surface area (Å²) in [5, 5.41) is 7.71. The zero-order valence-corrected chi connectivity index (χ0v) is 12.4. The Bertz CT molecular complexity index is 412. The number of aromatic nitrogens is 1. The molecule has 2 fully saturated rings. The van der Waals surface area contributed by atoms with E-state index in [9.17, 15) is 0 Å². The molecule has 1 saturated carbocycles. The van der Waals surface area contributed by atoms with E-state index in [1.807, 2.05) is 13.0 Å². The Labute approximate surface area is 121 Å². The minimum atomic E-state index is 0.474.